The second-order valence-electron chi connectivity index (χ2n) is 4.62. The van der Waals surface area contributed by atoms with Crippen molar-refractivity contribution >= 4 is 17.5 Å². The molecule has 0 bridgehead atoms. The van der Waals surface area contributed by atoms with Crippen LogP contribution in [0.1, 0.15) is 19.0 Å². The van der Waals surface area contributed by atoms with Gasteiger partial charge in [0.2, 0.25) is 5.82 Å². The molecule has 1 aliphatic rings. The number of hydrogen-bond acceptors (Lipinski definition) is 5. The fourth-order valence-electron chi connectivity index (χ4n) is 2.49. The molecule has 1 aliphatic heterocycles. The number of aliphatic carboxylic acids is 1. The number of anilines is 1. The molecule has 0 amide bonds. The largest absolute Gasteiger partial charge is 0.481 e. The van der Waals surface area contributed by atoms with Crippen LogP contribution in [0.2, 0.25) is 0 Å². The van der Waals surface area contributed by atoms with Crippen molar-refractivity contribution in [3.8, 4) is 0 Å². The predicted octanol–water partition coefficient (Wildman–Crippen LogP) is 0.802. The van der Waals surface area contributed by atoms with E-state index in [1.807, 2.05) is 6.92 Å². The van der Waals surface area contributed by atoms with E-state index < -0.39 is 16.8 Å². The highest BCUT2D eigenvalue weighted by Crippen LogP contribution is 2.34. The fourth-order valence-corrected chi connectivity index (χ4v) is 2.49. The summed E-state index contributed by atoms with van der Waals surface area (Å²) >= 11 is 0. The Morgan fingerprint density at radius 1 is 1.63 bits per heavy atom. The molecule has 1 fully saturated rings. The van der Waals surface area contributed by atoms with E-state index in [4.69, 9.17) is 5.11 Å². The number of nitrogens with zero attached hydrogens (tertiary/aromatic N) is 4. The van der Waals surface area contributed by atoms with Gasteiger partial charge in [0.1, 0.15) is 5.69 Å². The van der Waals surface area contributed by atoms with Gasteiger partial charge in [-0.25, -0.2) is 4.68 Å². The molecule has 1 N–H and O–H groups in total. The monoisotopic (exact) mass is 268 g/mol. The van der Waals surface area contributed by atoms with Gasteiger partial charge in [-0.3, -0.25) is 14.9 Å². The number of nitro groups is 1. The standard InChI is InChI=1S/C11H16N4O4/c1-3-8-9(15(18)19)10(13(2)12-8)14-5-4-7(6-14)11(16)17/h7H,3-6H2,1-2H3,(H,16,17). The van der Waals surface area contributed by atoms with Crippen LogP contribution >= 0.6 is 0 Å². The highest BCUT2D eigenvalue weighted by molar-refractivity contribution is 5.73. The van der Waals surface area contributed by atoms with Crippen LogP contribution in [0.5, 0.6) is 0 Å². The second-order valence-corrected chi connectivity index (χ2v) is 4.62. The summed E-state index contributed by atoms with van der Waals surface area (Å²) in [7, 11) is 1.65. The van der Waals surface area contributed by atoms with Crippen molar-refractivity contribution in [1.82, 2.24) is 9.78 Å². The van der Waals surface area contributed by atoms with Gasteiger partial charge in [0.05, 0.1) is 10.8 Å². The number of hydrogen-bond donors (Lipinski definition) is 1. The quantitative estimate of drug-likeness (QED) is 0.640. The smallest absolute Gasteiger partial charge is 0.334 e. The van der Waals surface area contributed by atoms with Crippen molar-refractivity contribution < 1.29 is 14.8 Å². The highest BCUT2D eigenvalue weighted by Gasteiger charge is 2.35. The summed E-state index contributed by atoms with van der Waals surface area (Å²) in [5.41, 5.74) is 0.428. The molecule has 0 spiro atoms. The van der Waals surface area contributed by atoms with Crippen LogP contribution in [-0.4, -0.2) is 38.9 Å². The van der Waals surface area contributed by atoms with Gasteiger partial charge in [0.15, 0.2) is 0 Å². The normalized spacial score (nSPS) is 18.8. The molecule has 0 radical (unpaired) electrons. The van der Waals surface area contributed by atoms with Crippen molar-refractivity contribution in [2.45, 2.75) is 19.8 Å². The van der Waals surface area contributed by atoms with Crippen LogP contribution in [0, 0.1) is 16.0 Å². The lowest BCUT2D eigenvalue weighted by atomic mass is 10.1. The molecule has 1 atom stereocenters. The van der Waals surface area contributed by atoms with Crippen LogP contribution in [0.15, 0.2) is 0 Å². The van der Waals surface area contributed by atoms with Crippen molar-refractivity contribution in [3.63, 3.8) is 0 Å². The minimum atomic E-state index is -0.858. The number of rotatable bonds is 4. The zero-order valence-electron chi connectivity index (χ0n) is 10.9. The predicted molar refractivity (Wildman–Crippen MR) is 67.2 cm³/mol. The van der Waals surface area contributed by atoms with E-state index in [0.29, 0.717) is 37.4 Å². The maximum atomic E-state index is 11.2. The Hall–Kier alpha value is -2.12. The zero-order valence-corrected chi connectivity index (χ0v) is 10.9. The highest BCUT2D eigenvalue weighted by atomic mass is 16.6. The van der Waals surface area contributed by atoms with Crippen molar-refractivity contribution in [2.24, 2.45) is 13.0 Å². The molecular weight excluding hydrogens is 252 g/mol. The van der Waals surface area contributed by atoms with Crippen LogP contribution in [-0.2, 0) is 18.3 Å². The Kier molecular flexibility index (Phi) is 3.41. The summed E-state index contributed by atoms with van der Waals surface area (Å²) in [4.78, 5) is 23.5. The van der Waals surface area contributed by atoms with Gasteiger partial charge in [-0.05, 0) is 12.8 Å². The van der Waals surface area contributed by atoms with Crippen LogP contribution in [0.3, 0.4) is 0 Å². The SMILES string of the molecule is CCc1nn(C)c(N2CCC(C(=O)O)C2)c1[N+](=O)[O-]. The molecule has 2 rings (SSSR count). The molecule has 0 aliphatic carbocycles. The molecule has 1 aromatic rings. The van der Waals surface area contributed by atoms with E-state index in [-0.39, 0.29) is 5.69 Å². The van der Waals surface area contributed by atoms with Crippen molar-refractivity contribution in [2.75, 3.05) is 18.0 Å². The summed E-state index contributed by atoms with van der Waals surface area (Å²) in [5.74, 6) is -0.923. The number of aromatic nitrogens is 2. The van der Waals surface area contributed by atoms with E-state index >= 15 is 0 Å². The van der Waals surface area contributed by atoms with E-state index in [0.717, 1.165) is 0 Å². The lowest BCUT2D eigenvalue weighted by Gasteiger charge is -2.16. The average Bonchev–Trinajstić information content (AvgIpc) is 2.92. The van der Waals surface area contributed by atoms with Crippen LogP contribution < -0.4 is 4.90 Å². The molecule has 8 nitrogen and oxygen atoms in total. The molecular formula is C11H16N4O4. The zero-order chi connectivity index (χ0) is 14.2. The topological polar surface area (TPSA) is 102 Å². The third-order valence-electron chi connectivity index (χ3n) is 3.42. The van der Waals surface area contributed by atoms with E-state index in [1.54, 1.807) is 11.9 Å². The fraction of sp³-hybridized carbons (Fsp3) is 0.636. The van der Waals surface area contributed by atoms with Gasteiger partial charge in [-0.15, -0.1) is 0 Å². The molecule has 0 aromatic carbocycles. The first-order chi connectivity index (χ1) is 8.95. The first-order valence-corrected chi connectivity index (χ1v) is 6.13. The summed E-state index contributed by atoms with van der Waals surface area (Å²) in [5, 5.41) is 24.3. The number of aryl methyl sites for hydroxylation is 2. The van der Waals surface area contributed by atoms with Crippen LogP contribution in [0.4, 0.5) is 11.5 Å². The molecule has 0 saturated carbocycles. The van der Waals surface area contributed by atoms with E-state index in [2.05, 4.69) is 5.10 Å². The third kappa shape index (κ3) is 2.25. The lowest BCUT2D eigenvalue weighted by molar-refractivity contribution is -0.384. The third-order valence-corrected chi connectivity index (χ3v) is 3.42. The van der Waals surface area contributed by atoms with Gasteiger partial charge in [-0.2, -0.15) is 5.10 Å². The molecule has 104 valence electrons. The summed E-state index contributed by atoms with van der Waals surface area (Å²) < 4.78 is 1.47. The Bertz CT molecular complexity index is 525. The minimum absolute atomic E-state index is 0.00367. The molecule has 19 heavy (non-hydrogen) atoms. The van der Waals surface area contributed by atoms with E-state index in [1.165, 1.54) is 4.68 Å². The second kappa shape index (κ2) is 4.87. The van der Waals surface area contributed by atoms with Gasteiger partial charge < -0.3 is 10.0 Å². The van der Waals surface area contributed by atoms with Crippen molar-refractivity contribution in [1.29, 1.82) is 0 Å². The maximum absolute atomic E-state index is 11.2. The minimum Gasteiger partial charge on any atom is -0.481 e. The summed E-state index contributed by atoms with van der Waals surface area (Å²) in [6.45, 7) is 2.60. The van der Waals surface area contributed by atoms with Gasteiger partial charge in [0.25, 0.3) is 0 Å². The first kappa shape index (κ1) is 13.3. The Balaban J connectivity index is 2.37. The lowest BCUT2D eigenvalue weighted by Crippen LogP contribution is -2.25. The molecule has 2 heterocycles. The Labute approximate surface area is 109 Å². The Morgan fingerprint density at radius 3 is 2.79 bits per heavy atom. The maximum Gasteiger partial charge on any atom is 0.334 e. The van der Waals surface area contributed by atoms with Gasteiger partial charge in [0, 0.05) is 20.1 Å². The molecule has 8 heteroatoms. The first-order valence-electron chi connectivity index (χ1n) is 6.13. The number of carboxylic acid groups (broad SMARTS) is 1. The van der Waals surface area contributed by atoms with Gasteiger partial charge >= 0.3 is 11.7 Å². The van der Waals surface area contributed by atoms with Crippen molar-refractivity contribution in [3.05, 3.63) is 15.8 Å². The average molecular weight is 268 g/mol. The van der Waals surface area contributed by atoms with Gasteiger partial charge in [-0.1, -0.05) is 6.92 Å². The van der Waals surface area contributed by atoms with E-state index in [9.17, 15) is 14.9 Å². The molecule has 1 unspecified atom stereocenters. The van der Waals surface area contributed by atoms with Crippen LogP contribution in [0.25, 0.3) is 0 Å². The summed E-state index contributed by atoms with van der Waals surface area (Å²) in [6.07, 6.45) is 0.972. The summed E-state index contributed by atoms with van der Waals surface area (Å²) in [6, 6.07) is 0. The molecule has 1 aromatic heterocycles. The number of carbonyl (C=O) groups is 1. The number of carboxylic acids is 1. The molecule has 1 saturated heterocycles. The Morgan fingerprint density at radius 2 is 2.32 bits per heavy atom.